The van der Waals surface area contributed by atoms with E-state index < -0.39 is 16.6 Å². The van der Waals surface area contributed by atoms with Crippen LogP contribution in [0.3, 0.4) is 0 Å². The van der Waals surface area contributed by atoms with Gasteiger partial charge in [-0.05, 0) is 24.3 Å². The Morgan fingerprint density at radius 1 is 1.28 bits per heavy atom. The summed E-state index contributed by atoms with van der Waals surface area (Å²) in [5, 5.41) is 11.2. The number of ether oxygens (including phenoxy) is 1. The van der Waals surface area contributed by atoms with E-state index in [1.54, 1.807) is 24.4 Å². The number of hydrogen-bond donors (Lipinski definition) is 0. The molecular weight excluding hydrogens is 350 g/mol. The van der Waals surface area contributed by atoms with Gasteiger partial charge in [0.2, 0.25) is 0 Å². The van der Waals surface area contributed by atoms with E-state index in [4.69, 9.17) is 16.3 Å². The van der Waals surface area contributed by atoms with Crippen LogP contribution in [0.1, 0.15) is 16.1 Å². The Bertz CT molecular complexity index is 1050. The largest absolute Gasteiger partial charge is 0.455 e. The summed E-state index contributed by atoms with van der Waals surface area (Å²) in [6, 6.07) is 9.91. The fourth-order valence-corrected chi connectivity index (χ4v) is 2.39. The summed E-state index contributed by atoms with van der Waals surface area (Å²) in [5.74, 6) is -0.904. The van der Waals surface area contributed by atoms with E-state index in [1.807, 2.05) is 0 Å². The first-order valence-electron chi connectivity index (χ1n) is 7.04. The molecule has 0 aliphatic heterocycles. The Balaban J connectivity index is 1.84. The van der Waals surface area contributed by atoms with Crippen molar-refractivity contribution in [1.29, 1.82) is 0 Å². The number of fused-ring (bicyclic) bond motifs is 1. The Labute approximate surface area is 145 Å². The first kappa shape index (κ1) is 16.6. The minimum atomic E-state index is -0.904. The molecule has 8 nitrogen and oxygen atoms in total. The third kappa shape index (κ3) is 3.48. The number of rotatable bonds is 4. The van der Waals surface area contributed by atoms with Gasteiger partial charge < -0.3 is 4.74 Å². The highest BCUT2D eigenvalue weighted by atomic mass is 35.5. The lowest BCUT2D eigenvalue weighted by atomic mass is 10.2. The molecule has 25 heavy (non-hydrogen) atoms. The van der Waals surface area contributed by atoms with Crippen LogP contribution >= 0.6 is 11.6 Å². The van der Waals surface area contributed by atoms with Crippen LogP contribution in [0.4, 0.5) is 5.69 Å². The van der Waals surface area contributed by atoms with E-state index in [9.17, 15) is 19.7 Å². The predicted octanol–water partition coefficient (Wildman–Crippen LogP) is 2.61. The van der Waals surface area contributed by atoms with Gasteiger partial charge in [0.1, 0.15) is 17.8 Å². The number of aromatic nitrogens is 2. The molecule has 0 saturated heterocycles. The van der Waals surface area contributed by atoms with Crippen LogP contribution in [0.2, 0.25) is 5.02 Å². The van der Waals surface area contributed by atoms with Crippen molar-refractivity contribution in [2.75, 3.05) is 0 Å². The zero-order chi connectivity index (χ0) is 18.0. The van der Waals surface area contributed by atoms with Gasteiger partial charge in [0, 0.05) is 23.4 Å². The van der Waals surface area contributed by atoms with E-state index in [0.29, 0.717) is 5.65 Å². The standard InChI is InChI=1S/C16H10ClN3O5/c17-10-4-5-12(13(7-10)20(23)24)16(22)25-9-11-8-15(21)19-6-2-1-3-14(19)18-11/h1-8H,9H2. The summed E-state index contributed by atoms with van der Waals surface area (Å²) >= 11 is 5.71. The van der Waals surface area contributed by atoms with E-state index in [-0.39, 0.29) is 28.4 Å². The van der Waals surface area contributed by atoms with Crippen LogP contribution in [0.25, 0.3) is 5.65 Å². The number of nitro benzene ring substituents is 1. The number of hydrogen-bond acceptors (Lipinski definition) is 6. The van der Waals surface area contributed by atoms with E-state index in [0.717, 1.165) is 6.07 Å². The molecule has 0 aliphatic rings. The number of pyridine rings is 1. The molecule has 0 radical (unpaired) electrons. The second kappa shape index (κ2) is 6.70. The highest BCUT2D eigenvalue weighted by Gasteiger charge is 2.22. The minimum Gasteiger partial charge on any atom is -0.455 e. The molecule has 0 amide bonds. The molecular formula is C16H10ClN3O5. The highest BCUT2D eigenvalue weighted by molar-refractivity contribution is 6.31. The third-order valence-electron chi connectivity index (χ3n) is 3.35. The van der Waals surface area contributed by atoms with E-state index in [1.165, 1.54) is 22.6 Å². The molecule has 0 spiro atoms. The van der Waals surface area contributed by atoms with Gasteiger partial charge in [-0.3, -0.25) is 19.3 Å². The minimum absolute atomic E-state index is 0.132. The summed E-state index contributed by atoms with van der Waals surface area (Å²) < 4.78 is 6.39. The molecule has 126 valence electrons. The summed E-state index contributed by atoms with van der Waals surface area (Å²) in [5.41, 5.74) is -0.371. The van der Waals surface area contributed by atoms with Crippen molar-refractivity contribution in [2.45, 2.75) is 6.61 Å². The Kier molecular flexibility index (Phi) is 4.44. The number of nitro groups is 1. The van der Waals surface area contributed by atoms with Crippen molar-refractivity contribution in [3.8, 4) is 0 Å². The van der Waals surface area contributed by atoms with Crippen molar-refractivity contribution >= 4 is 28.9 Å². The molecule has 0 bridgehead atoms. The first-order chi connectivity index (χ1) is 12.0. The van der Waals surface area contributed by atoms with Crippen molar-refractivity contribution in [2.24, 2.45) is 0 Å². The monoisotopic (exact) mass is 359 g/mol. The summed E-state index contributed by atoms with van der Waals surface area (Å²) in [6.45, 7) is -0.292. The van der Waals surface area contributed by atoms with Crippen molar-refractivity contribution in [3.05, 3.63) is 85.4 Å². The molecule has 0 saturated carbocycles. The molecule has 1 aromatic carbocycles. The smallest absolute Gasteiger partial charge is 0.345 e. The zero-order valence-corrected chi connectivity index (χ0v) is 13.3. The molecule has 3 aromatic rings. The van der Waals surface area contributed by atoms with Gasteiger partial charge in [0.25, 0.3) is 11.2 Å². The van der Waals surface area contributed by atoms with E-state index >= 15 is 0 Å². The van der Waals surface area contributed by atoms with Crippen LogP contribution in [0.15, 0.2) is 53.5 Å². The number of carbonyl (C=O) groups excluding carboxylic acids is 1. The Morgan fingerprint density at radius 3 is 2.84 bits per heavy atom. The molecule has 0 N–H and O–H groups in total. The topological polar surface area (TPSA) is 104 Å². The lowest BCUT2D eigenvalue weighted by Crippen LogP contribution is -2.16. The molecule has 9 heteroatoms. The molecule has 0 aliphatic carbocycles. The molecule has 2 aromatic heterocycles. The fraction of sp³-hybridized carbons (Fsp3) is 0.0625. The van der Waals surface area contributed by atoms with Crippen LogP contribution in [-0.2, 0) is 11.3 Å². The zero-order valence-electron chi connectivity index (χ0n) is 12.6. The lowest BCUT2D eigenvalue weighted by Gasteiger charge is -2.06. The number of esters is 1. The molecule has 0 unspecified atom stereocenters. The van der Waals surface area contributed by atoms with Crippen molar-refractivity contribution in [1.82, 2.24) is 9.38 Å². The van der Waals surface area contributed by atoms with Crippen molar-refractivity contribution in [3.63, 3.8) is 0 Å². The molecule has 2 heterocycles. The number of halogens is 1. The summed E-state index contributed by atoms with van der Waals surface area (Å²) in [4.78, 5) is 38.6. The first-order valence-corrected chi connectivity index (χ1v) is 7.42. The number of nitrogens with zero attached hydrogens (tertiary/aromatic N) is 3. The van der Waals surface area contributed by atoms with Crippen LogP contribution in [0.5, 0.6) is 0 Å². The summed E-state index contributed by atoms with van der Waals surface area (Å²) in [7, 11) is 0. The summed E-state index contributed by atoms with van der Waals surface area (Å²) in [6.07, 6.45) is 1.57. The average molecular weight is 360 g/mol. The molecule has 0 atom stereocenters. The van der Waals surface area contributed by atoms with Gasteiger partial charge in [-0.25, -0.2) is 9.78 Å². The highest BCUT2D eigenvalue weighted by Crippen LogP contribution is 2.24. The van der Waals surface area contributed by atoms with Gasteiger partial charge in [0.15, 0.2) is 0 Å². The van der Waals surface area contributed by atoms with Gasteiger partial charge in [-0.2, -0.15) is 0 Å². The van der Waals surface area contributed by atoms with Gasteiger partial charge in [0.05, 0.1) is 10.6 Å². The van der Waals surface area contributed by atoms with Gasteiger partial charge in [-0.1, -0.05) is 17.7 Å². The molecule has 3 rings (SSSR count). The van der Waals surface area contributed by atoms with Crippen molar-refractivity contribution < 1.29 is 14.5 Å². The lowest BCUT2D eigenvalue weighted by molar-refractivity contribution is -0.385. The normalized spacial score (nSPS) is 10.6. The SMILES string of the molecule is O=C(OCc1cc(=O)n2ccccc2n1)c1ccc(Cl)cc1[N+](=O)[O-]. The second-order valence-electron chi connectivity index (χ2n) is 5.01. The maximum absolute atomic E-state index is 12.1. The Hall–Kier alpha value is -3.26. The maximum Gasteiger partial charge on any atom is 0.345 e. The number of carbonyl (C=O) groups is 1. The fourth-order valence-electron chi connectivity index (χ4n) is 2.22. The van der Waals surface area contributed by atoms with Gasteiger partial charge in [-0.15, -0.1) is 0 Å². The van der Waals surface area contributed by atoms with E-state index in [2.05, 4.69) is 4.98 Å². The predicted molar refractivity (Wildman–Crippen MR) is 88.7 cm³/mol. The number of benzene rings is 1. The molecule has 0 fully saturated rings. The Morgan fingerprint density at radius 2 is 2.08 bits per heavy atom. The van der Waals surface area contributed by atoms with Gasteiger partial charge >= 0.3 is 5.97 Å². The quantitative estimate of drug-likeness (QED) is 0.403. The maximum atomic E-state index is 12.1. The van der Waals surface area contributed by atoms with Crippen LogP contribution in [-0.4, -0.2) is 20.3 Å². The van der Waals surface area contributed by atoms with Crippen LogP contribution in [0, 0.1) is 10.1 Å². The third-order valence-corrected chi connectivity index (χ3v) is 3.59. The van der Waals surface area contributed by atoms with Crippen LogP contribution < -0.4 is 5.56 Å². The average Bonchev–Trinajstić information content (AvgIpc) is 2.59. The second-order valence-corrected chi connectivity index (χ2v) is 5.45.